The Labute approximate surface area is 75.8 Å². The molecule has 0 N–H and O–H groups in total. The highest BCUT2D eigenvalue weighted by molar-refractivity contribution is 7.16. The highest BCUT2D eigenvalue weighted by Gasteiger charge is 1.97. The maximum atomic E-state index is 5.66. The van der Waals surface area contributed by atoms with Crippen LogP contribution in [0.1, 0.15) is 18.7 Å². The van der Waals surface area contributed by atoms with Gasteiger partial charge in [-0.25, -0.2) is 0 Å². The van der Waals surface area contributed by atoms with E-state index >= 15 is 0 Å². The van der Waals surface area contributed by atoms with Crippen molar-refractivity contribution >= 4 is 34.5 Å². The highest BCUT2D eigenvalue weighted by atomic mass is 35.5. The van der Waals surface area contributed by atoms with Crippen LogP contribution in [0.5, 0.6) is 0 Å². The predicted molar refractivity (Wildman–Crippen MR) is 50.4 cm³/mol. The molecule has 0 saturated heterocycles. The van der Waals surface area contributed by atoms with Crippen molar-refractivity contribution < 1.29 is 0 Å². The molecule has 0 saturated carbocycles. The first kappa shape index (κ1) is 10.3. The summed E-state index contributed by atoms with van der Waals surface area (Å²) in [7, 11) is 0. The largest absolute Gasteiger partial charge is 0.127 e. The van der Waals surface area contributed by atoms with Gasteiger partial charge in [0.2, 0.25) is 0 Å². The van der Waals surface area contributed by atoms with Gasteiger partial charge in [-0.05, 0) is 13.0 Å². The molecule has 0 aliphatic heterocycles. The molecule has 1 heterocycles. The third-order valence-corrected chi connectivity index (χ3v) is 2.51. The Morgan fingerprint density at radius 2 is 1.80 bits per heavy atom. The van der Waals surface area contributed by atoms with Gasteiger partial charge >= 0.3 is 0 Å². The van der Waals surface area contributed by atoms with Crippen molar-refractivity contribution in [1.29, 1.82) is 0 Å². The van der Waals surface area contributed by atoms with Crippen LogP contribution in [0.2, 0.25) is 9.36 Å². The zero-order valence-corrected chi connectivity index (χ0v) is 8.57. The molecule has 0 amide bonds. The number of thiophene rings is 1. The molecule has 0 atom stereocenters. The molecule has 0 spiro atoms. The van der Waals surface area contributed by atoms with Crippen LogP contribution in [-0.2, 0) is 0 Å². The molecule has 0 radical (unpaired) electrons. The number of rotatable bonds is 0. The molecular weight excluding hydrogens is 187 g/mol. The molecule has 0 unspecified atom stereocenters. The fourth-order valence-corrected chi connectivity index (χ4v) is 1.85. The van der Waals surface area contributed by atoms with Crippen molar-refractivity contribution in [2.24, 2.45) is 0 Å². The molecule has 0 nitrogen and oxygen atoms in total. The summed E-state index contributed by atoms with van der Waals surface area (Å²) in [5.74, 6) is 0. The van der Waals surface area contributed by atoms with E-state index in [0.29, 0.717) is 0 Å². The first-order valence-electron chi connectivity index (χ1n) is 3.11. The molecule has 1 aromatic rings. The Bertz CT molecular complexity index is 174. The average molecular weight is 197 g/mol. The molecule has 10 heavy (non-hydrogen) atoms. The van der Waals surface area contributed by atoms with Gasteiger partial charge in [0.05, 0.1) is 9.36 Å². The van der Waals surface area contributed by atoms with Gasteiger partial charge in [-0.15, -0.1) is 11.3 Å². The number of halogens is 2. The molecular formula is C7H10Cl2S. The molecule has 3 heteroatoms. The molecule has 0 aliphatic carbocycles. The first-order chi connectivity index (χ1) is 4.70. The van der Waals surface area contributed by atoms with E-state index in [1.807, 2.05) is 20.8 Å². The highest BCUT2D eigenvalue weighted by Crippen LogP contribution is 2.28. The molecule has 0 aromatic carbocycles. The Hall–Kier alpha value is 0.280. The van der Waals surface area contributed by atoms with Crippen LogP contribution in [0.4, 0.5) is 0 Å². The summed E-state index contributed by atoms with van der Waals surface area (Å²) in [4.78, 5) is 1.08. The van der Waals surface area contributed by atoms with Crippen LogP contribution in [-0.4, -0.2) is 0 Å². The smallest absolute Gasteiger partial charge is 0.0946 e. The minimum Gasteiger partial charge on any atom is -0.127 e. The van der Waals surface area contributed by atoms with Crippen LogP contribution in [0.15, 0.2) is 6.07 Å². The zero-order chi connectivity index (χ0) is 8.15. The fraction of sp³-hybridized carbons (Fsp3) is 0.429. The third-order valence-electron chi connectivity index (χ3n) is 0.827. The number of hydrogen-bond acceptors (Lipinski definition) is 1. The van der Waals surface area contributed by atoms with Crippen molar-refractivity contribution in [1.82, 2.24) is 0 Å². The molecule has 58 valence electrons. The van der Waals surface area contributed by atoms with Gasteiger partial charge in [-0.2, -0.15) is 0 Å². The number of aryl methyl sites for hydroxylation is 1. The Balaban J connectivity index is 0.000000371. The molecule has 0 aliphatic rings. The summed E-state index contributed by atoms with van der Waals surface area (Å²) in [5.41, 5.74) is 0. The van der Waals surface area contributed by atoms with E-state index in [9.17, 15) is 0 Å². The van der Waals surface area contributed by atoms with Crippen molar-refractivity contribution in [2.75, 3.05) is 0 Å². The minimum absolute atomic E-state index is 0.757. The number of hydrogen-bond donors (Lipinski definition) is 0. The summed E-state index contributed by atoms with van der Waals surface area (Å²) in [6, 6.07) is 1.75. The van der Waals surface area contributed by atoms with Crippen LogP contribution < -0.4 is 0 Å². The molecule has 0 bridgehead atoms. The fourth-order valence-electron chi connectivity index (χ4n) is 0.426. The molecule has 1 rings (SSSR count). The van der Waals surface area contributed by atoms with Crippen molar-refractivity contribution in [3.8, 4) is 0 Å². The summed E-state index contributed by atoms with van der Waals surface area (Å²) < 4.78 is 0.757. The SMILES string of the molecule is CC.Cc1sc(Cl)cc1Cl. The molecule has 0 fully saturated rings. The first-order valence-corrected chi connectivity index (χ1v) is 4.69. The summed E-state index contributed by atoms with van der Waals surface area (Å²) in [5, 5.41) is 0.764. The van der Waals surface area contributed by atoms with E-state index in [-0.39, 0.29) is 0 Å². The maximum Gasteiger partial charge on any atom is 0.0946 e. The van der Waals surface area contributed by atoms with Crippen molar-refractivity contribution in [3.63, 3.8) is 0 Å². The van der Waals surface area contributed by atoms with Gasteiger partial charge in [0, 0.05) is 4.88 Å². The van der Waals surface area contributed by atoms with Gasteiger partial charge in [0.25, 0.3) is 0 Å². The second-order valence-electron chi connectivity index (χ2n) is 1.45. The summed E-state index contributed by atoms with van der Waals surface area (Å²) in [6.45, 7) is 5.94. The van der Waals surface area contributed by atoms with Crippen LogP contribution >= 0.6 is 34.5 Å². The van der Waals surface area contributed by atoms with E-state index in [2.05, 4.69) is 0 Å². The quantitative estimate of drug-likeness (QED) is 0.578. The van der Waals surface area contributed by atoms with Crippen LogP contribution in [0.25, 0.3) is 0 Å². The van der Waals surface area contributed by atoms with E-state index in [1.54, 1.807) is 6.07 Å². The lowest BCUT2D eigenvalue weighted by Gasteiger charge is -1.76. The van der Waals surface area contributed by atoms with E-state index < -0.39 is 0 Å². The lowest BCUT2D eigenvalue weighted by atomic mass is 10.5. The Kier molecular flexibility index (Phi) is 5.14. The summed E-state index contributed by atoms with van der Waals surface area (Å²) >= 11 is 12.8. The lowest BCUT2D eigenvalue weighted by molar-refractivity contribution is 1.50. The zero-order valence-electron chi connectivity index (χ0n) is 6.24. The normalized spacial score (nSPS) is 8.50. The Morgan fingerprint density at radius 3 is 1.90 bits per heavy atom. The lowest BCUT2D eigenvalue weighted by Crippen LogP contribution is -1.52. The second-order valence-corrected chi connectivity index (χ2v) is 3.75. The molecule has 1 aromatic heterocycles. The van der Waals surface area contributed by atoms with Gasteiger partial charge < -0.3 is 0 Å². The maximum absolute atomic E-state index is 5.66. The van der Waals surface area contributed by atoms with Gasteiger partial charge in [-0.3, -0.25) is 0 Å². The Morgan fingerprint density at radius 1 is 1.30 bits per heavy atom. The third kappa shape index (κ3) is 2.91. The van der Waals surface area contributed by atoms with E-state index in [0.717, 1.165) is 14.2 Å². The predicted octanol–water partition coefficient (Wildman–Crippen LogP) is 4.39. The van der Waals surface area contributed by atoms with Crippen LogP contribution in [0.3, 0.4) is 0 Å². The van der Waals surface area contributed by atoms with E-state index in [4.69, 9.17) is 23.2 Å². The standard InChI is InChI=1S/C5H4Cl2S.C2H6/c1-3-4(6)2-5(7)8-3;1-2/h2H,1H3;1-2H3. The monoisotopic (exact) mass is 196 g/mol. The van der Waals surface area contributed by atoms with Crippen LogP contribution in [0, 0.1) is 6.92 Å². The second kappa shape index (κ2) is 5.00. The van der Waals surface area contributed by atoms with Gasteiger partial charge in [0.1, 0.15) is 0 Å². The van der Waals surface area contributed by atoms with Gasteiger partial charge in [0.15, 0.2) is 0 Å². The van der Waals surface area contributed by atoms with E-state index in [1.165, 1.54) is 11.3 Å². The minimum atomic E-state index is 0.757. The van der Waals surface area contributed by atoms with Crippen molar-refractivity contribution in [2.45, 2.75) is 20.8 Å². The topological polar surface area (TPSA) is 0 Å². The van der Waals surface area contributed by atoms with Crippen molar-refractivity contribution in [3.05, 3.63) is 20.3 Å². The summed E-state index contributed by atoms with van der Waals surface area (Å²) in [6.07, 6.45) is 0. The average Bonchev–Trinajstić information content (AvgIpc) is 2.16. The van der Waals surface area contributed by atoms with Gasteiger partial charge in [-0.1, -0.05) is 37.0 Å².